The van der Waals surface area contributed by atoms with Crippen molar-refractivity contribution in [3.05, 3.63) is 29.3 Å². The van der Waals surface area contributed by atoms with E-state index in [2.05, 4.69) is 11.8 Å². The van der Waals surface area contributed by atoms with Crippen LogP contribution in [0, 0.1) is 11.8 Å². The van der Waals surface area contributed by atoms with Gasteiger partial charge in [-0.15, -0.1) is 11.6 Å². The number of alkyl halides is 4. The van der Waals surface area contributed by atoms with Crippen molar-refractivity contribution in [2.45, 2.75) is 12.6 Å². The molecule has 0 aliphatic heterocycles. The van der Waals surface area contributed by atoms with Crippen LogP contribution < -0.4 is 5.73 Å². The van der Waals surface area contributed by atoms with Gasteiger partial charge in [-0.1, -0.05) is 11.8 Å². The maximum Gasteiger partial charge on any atom is 0.417 e. The zero-order chi connectivity index (χ0) is 12.2. The first-order valence-corrected chi connectivity index (χ1v) is 5.00. The van der Waals surface area contributed by atoms with E-state index >= 15 is 0 Å². The summed E-state index contributed by atoms with van der Waals surface area (Å²) in [5, 5.41) is 0. The maximum absolute atomic E-state index is 12.6. The van der Waals surface area contributed by atoms with Crippen molar-refractivity contribution in [1.29, 1.82) is 0 Å². The third-order valence-electron chi connectivity index (χ3n) is 1.79. The SMILES string of the molecule is Nc1ccc(C(F)(F)F)c(C#CCCCl)c1. The Morgan fingerprint density at radius 3 is 2.56 bits per heavy atom. The molecule has 0 radical (unpaired) electrons. The highest BCUT2D eigenvalue weighted by molar-refractivity contribution is 6.18. The molecule has 1 rings (SSSR count). The Morgan fingerprint density at radius 2 is 2.00 bits per heavy atom. The molecule has 0 saturated carbocycles. The van der Waals surface area contributed by atoms with E-state index in [1.165, 1.54) is 12.1 Å². The number of benzene rings is 1. The quantitative estimate of drug-likeness (QED) is 0.460. The normalized spacial score (nSPS) is 10.8. The molecule has 1 aromatic carbocycles. The predicted octanol–water partition coefficient (Wildman–Crippen LogP) is 3.27. The van der Waals surface area contributed by atoms with Gasteiger partial charge in [0.2, 0.25) is 0 Å². The third-order valence-corrected chi connectivity index (χ3v) is 1.98. The third kappa shape index (κ3) is 3.35. The molecule has 0 unspecified atom stereocenters. The van der Waals surface area contributed by atoms with Crippen LogP contribution in [0.2, 0.25) is 0 Å². The highest BCUT2D eigenvalue weighted by atomic mass is 35.5. The second-order valence-electron chi connectivity index (χ2n) is 3.04. The Bertz CT molecular complexity index is 429. The second-order valence-corrected chi connectivity index (χ2v) is 3.42. The molecule has 2 N–H and O–H groups in total. The van der Waals surface area contributed by atoms with Crippen LogP contribution in [0.4, 0.5) is 18.9 Å². The average Bonchev–Trinajstić information content (AvgIpc) is 2.16. The summed E-state index contributed by atoms with van der Waals surface area (Å²) >= 11 is 5.38. The summed E-state index contributed by atoms with van der Waals surface area (Å²) in [6, 6.07) is 3.35. The lowest BCUT2D eigenvalue weighted by molar-refractivity contribution is -0.137. The van der Waals surface area contributed by atoms with E-state index in [1.54, 1.807) is 0 Å². The lowest BCUT2D eigenvalue weighted by atomic mass is 10.1. The van der Waals surface area contributed by atoms with Crippen molar-refractivity contribution in [3.63, 3.8) is 0 Å². The van der Waals surface area contributed by atoms with Crippen LogP contribution in [-0.2, 0) is 6.18 Å². The fourth-order valence-corrected chi connectivity index (χ4v) is 1.21. The molecule has 0 atom stereocenters. The van der Waals surface area contributed by atoms with Gasteiger partial charge in [-0.05, 0) is 18.2 Å². The zero-order valence-electron chi connectivity index (χ0n) is 8.24. The average molecular weight is 248 g/mol. The van der Waals surface area contributed by atoms with Crippen LogP contribution in [0.15, 0.2) is 18.2 Å². The summed E-state index contributed by atoms with van der Waals surface area (Å²) in [6.45, 7) is 0. The van der Waals surface area contributed by atoms with E-state index in [0.717, 1.165) is 6.07 Å². The standard InChI is InChI=1S/C11H9ClF3N/c12-6-2-1-3-8-7-9(16)4-5-10(8)11(13,14)15/h4-5,7H,2,6,16H2. The van der Waals surface area contributed by atoms with Gasteiger partial charge < -0.3 is 5.73 Å². The zero-order valence-corrected chi connectivity index (χ0v) is 8.99. The number of rotatable bonds is 1. The van der Waals surface area contributed by atoms with E-state index in [9.17, 15) is 13.2 Å². The number of nitrogen functional groups attached to an aromatic ring is 1. The summed E-state index contributed by atoms with van der Waals surface area (Å²) in [6.07, 6.45) is -4.08. The van der Waals surface area contributed by atoms with Crippen LogP contribution in [-0.4, -0.2) is 5.88 Å². The largest absolute Gasteiger partial charge is 0.417 e. The summed E-state index contributed by atoms with van der Waals surface area (Å²) in [7, 11) is 0. The van der Waals surface area contributed by atoms with E-state index in [1.807, 2.05) is 0 Å². The summed E-state index contributed by atoms with van der Waals surface area (Å²) in [5.41, 5.74) is 4.78. The topological polar surface area (TPSA) is 26.0 Å². The Kier molecular flexibility index (Phi) is 4.08. The molecule has 0 aliphatic carbocycles. The minimum atomic E-state index is -4.42. The minimum Gasteiger partial charge on any atom is -0.399 e. The maximum atomic E-state index is 12.6. The van der Waals surface area contributed by atoms with Crippen LogP contribution in [0.3, 0.4) is 0 Å². The van der Waals surface area contributed by atoms with E-state index < -0.39 is 11.7 Å². The van der Waals surface area contributed by atoms with E-state index in [0.29, 0.717) is 6.42 Å². The Morgan fingerprint density at radius 1 is 1.31 bits per heavy atom. The molecule has 0 bridgehead atoms. The fourth-order valence-electron chi connectivity index (χ4n) is 1.12. The molecule has 0 heterocycles. The molecule has 0 saturated heterocycles. The Hall–Kier alpha value is -1.34. The van der Waals surface area contributed by atoms with Gasteiger partial charge in [0.25, 0.3) is 0 Å². The highest BCUT2D eigenvalue weighted by Gasteiger charge is 2.32. The van der Waals surface area contributed by atoms with Gasteiger partial charge >= 0.3 is 6.18 Å². The number of hydrogen-bond acceptors (Lipinski definition) is 1. The number of nitrogens with two attached hydrogens (primary N) is 1. The van der Waals surface area contributed by atoms with Crippen molar-refractivity contribution >= 4 is 17.3 Å². The summed E-state index contributed by atoms with van der Waals surface area (Å²) in [4.78, 5) is 0. The Labute approximate surface area is 96.4 Å². The number of hydrogen-bond donors (Lipinski definition) is 1. The molecule has 0 aliphatic rings. The van der Waals surface area contributed by atoms with Crippen molar-refractivity contribution in [3.8, 4) is 11.8 Å². The van der Waals surface area contributed by atoms with Gasteiger partial charge in [0.15, 0.2) is 0 Å². The van der Waals surface area contributed by atoms with Crippen LogP contribution >= 0.6 is 11.6 Å². The monoisotopic (exact) mass is 247 g/mol. The molecule has 86 valence electrons. The Balaban J connectivity index is 3.15. The van der Waals surface area contributed by atoms with Gasteiger partial charge in [-0.3, -0.25) is 0 Å². The van der Waals surface area contributed by atoms with Gasteiger partial charge in [0.1, 0.15) is 0 Å². The molecule has 16 heavy (non-hydrogen) atoms. The fraction of sp³-hybridized carbons (Fsp3) is 0.273. The molecule has 0 aromatic heterocycles. The molecular weight excluding hydrogens is 239 g/mol. The van der Waals surface area contributed by atoms with Crippen molar-refractivity contribution in [1.82, 2.24) is 0 Å². The first kappa shape index (κ1) is 12.7. The first-order chi connectivity index (χ1) is 7.45. The van der Waals surface area contributed by atoms with Crippen molar-refractivity contribution < 1.29 is 13.2 Å². The van der Waals surface area contributed by atoms with Gasteiger partial charge in [-0.25, -0.2) is 0 Å². The summed E-state index contributed by atoms with van der Waals surface area (Å²) in [5.74, 6) is 5.27. The molecular formula is C11H9ClF3N. The lowest BCUT2D eigenvalue weighted by Gasteiger charge is -2.09. The van der Waals surface area contributed by atoms with Gasteiger partial charge in [-0.2, -0.15) is 13.2 Å². The second kappa shape index (κ2) is 5.13. The molecule has 0 amide bonds. The first-order valence-electron chi connectivity index (χ1n) is 4.46. The van der Waals surface area contributed by atoms with Crippen molar-refractivity contribution in [2.75, 3.05) is 11.6 Å². The number of anilines is 1. The van der Waals surface area contributed by atoms with Crippen LogP contribution in [0.1, 0.15) is 17.5 Å². The van der Waals surface area contributed by atoms with Crippen LogP contribution in [0.5, 0.6) is 0 Å². The number of halogens is 4. The molecule has 1 aromatic rings. The van der Waals surface area contributed by atoms with E-state index in [-0.39, 0.29) is 17.1 Å². The minimum absolute atomic E-state index is 0.113. The van der Waals surface area contributed by atoms with Gasteiger partial charge in [0.05, 0.1) is 5.56 Å². The molecule has 0 spiro atoms. The molecule has 5 heteroatoms. The highest BCUT2D eigenvalue weighted by Crippen LogP contribution is 2.32. The van der Waals surface area contributed by atoms with Crippen molar-refractivity contribution in [2.24, 2.45) is 0 Å². The van der Waals surface area contributed by atoms with E-state index in [4.69, 9.17) is 17.3 Å². The summed E-state index contributed by atoms with van der Waals surface area (Å²) < 4.78 is 37.7. The molecule has 0 fully saturated rings. The predicted molar refractivity (Wildman–Crippen MR) is 58.1 cm³/mol. The van der Waals surface area contributed by atoms with Gasteiger partial charge in [0, 0.05) is 23.6 Å². The van der Waals surface area contributed by atoms with Crippen LogP contribution in [0.25, 0.3) is 0 Å². The lowest BCUT2D eigenvalue weighted by Crippen LogP contribution is -2.08. The molecule has 1 nitrogen and oxygen atoms in total. The smallest absolute Gasteiger partial charge is 0.399 e.